The number of methoxy groups -OCH3 is 1. The molecule has 38 heavy (non-hydrogen) atoms. The molecular formula is C29H38N4O5. The van der Waals surface area contributed by atoms with Gasteiger partial charge in [-0.25, -0.2) is 0 Å². The van der Waals surface area contributed by atoms with E-state index in [1.165, 1.54) is 0 Å². The Bertz CT molecular complexity index is 1080. The number of likely N-dealkylation sites (tertiary alicyclic amines) is 1. The van der Waals surface area contributed by atoms with Gasteiger partial charge in [0.05, 0.1) is 19.9 Å². The number of nitrogens with zero attached hydrogens (tertiary/aromatic N) is 3. The lowest BCUT2D eigenvalue weighted by molar-refractivity contribution is -0.137. The number of carbonyl (C=O) groups is 3. The first-order valence-corrected chi connectivity index (χ1v) is 13.4. The molecule has 2 aliphatic heterocycles. The molecule has 2 aliphatic rings. The standard InChI is InChI=1S/C29H38N4O5/c1-3-4-19-38-25-12-10-23(11-13-25)27(35)31-17-14-29(15-18-31)28(36)32(21-26(34)30-16-20-37-2)22-33(29)24-8-6-5-7-9-24/h5-13H,3-4,14-22H2,1-2H3,(H,30,34). The summed E-state index contributed by atoms with van der Waals surface area (Å²) in [5.74, 6) is 0.430. The highest BCUT2D eigenvalue weighted by Crippen LogP contribution is 2.39. The van der Waals surface area contributed by atoms with E-state index in [1.54, 1.807) is 24.1 Å². The van der Waals surface area contributed by atoms with Gasteiger partial charge in [0.1, 0.15) is 17.8 Å². The van der Waals surface area contributed by atoms with Crippen LogP contribution in [0.5, 0.6) is 5.75 Å². The zero-order valence-electron chi connectivity index (χ0n) is 22.4. The van der Waals surface area contributed by atoms with Crippen LogP contribution >= 0.6 is 0 Å². The Morgan fingerprint density at radius 3 is 2.37 bits per heavy atom. The molecule has 2 saturated heterocycles. The van der Waals surface area contributed by atoms with E-state index in [-0.39, 0.29) is 24.3 Å². The number of unbranched alkanes of at least 4 members (excludes halogenated alkanes) is 1. The predicted molar refractivity (Wildman–Crippen MR) is 145 cm³/mol. The SMILES string of the molecule is CCCCOc1ccc(C(=O)N2CCC3(CC2)C(=O)N(CC(=O)NCCOC)CN3c2ccccc2)cc1. The highest BCUT2D eigenvalue weighted by molar-refractivity contribution is 5.97. The van der Waals surface area contributed by atoms with Crippen LogP contribution in [0.15, 0.2) is 54.6 Å². The first-order valence-electron chi connectivity index (χ1n) is 13.4. The van der Waals surface area contributed by atoms with Crippen molar-refractivity contribution >= 4 is 23.4 Å². The maximum absolute atomic E-state index is 13.8. The van der Waals surface area contributed by atoms with Gasteiger partial charge in [0.2, 0.25) is 5.91 Å². The molecule has 0 radical (unpaired) electrons. The Hall–Kier alpha value is -3.59. The van der Waals surface area contributed by atoms with Crippen LogP contribution in [0.25, 0.3) is 0 Å². The summed E-state index contributed by atoms with van der Waals surface area (Å²) < 4.78 is 10.7. The van der Waals surface area contributed by atoms with E-state index in [0.717, 1.165) is 24.3 Å². The minimum Gasteiger partial charge on any atom is -0.494 e. The van der Waals surface area contributed by atoms with Crippen LogP contribution < -0.4 is 15.0 Å². The minimum absolute atomic E-state index is 0.0110. The summed E-state index contributed by atoms with van der Waals surface area (Å²) in [5, 5.41) is 2.80. The molecule has 204 valence electrons. The Labute approximate surface area is 224 Å². The monoisotopic (exact) mass is 522 g/mol. The Morgan fingerprint density at radius 2 is 1.71 bits per heavy atom. The maximum atomic E-state index is 13.8. The van der Waals surface area contributed by atoms with Crippen molar-refractivity contribution in [2.45, 2.75) is 38.1 Å². The molecule has 0 saturated carbocycles. The minimum atomic E-state index is -0.790. The topological polar surface area (TPSA) is 91.4 Å². The van der Waals surface area contributed by atoms with Gasteiger partial charge in [-0.15, -0.1) is 0 Å². The highest BCUT2D eigenvalue weighted by atomic mass is 16.5. The van der Waals surface area contributed by atoms with Crippen molar-refractivity contribution in [3.05, 3.63) is 60.2 Å². The molecule has 0 atom stereocenters. The third kappa shape index (κ3) is 6.10. The molecule has 0 aromatic heterocycles. The number of para-hydroxylation sites is 1. The summed E-state index contributed by atoms with van der Waals surface area (Å²) in [6.07, 6.45) is 3.04. The largest absolute Gasteiger partial charge is 0.494 e. The molecular weight excluding hydrogens is 484 g/mol. The molecule has 4 rings (SSSR count). The number of carbonyl (C=O) groups excluding carboxylic acids is 3. The van der Waals surface area contributed by atoms with Crippen LogP contribution in [0.4, 0.5) is 5.69 Å². The fourth-order valence-electron chi connectivity index (χ4n) is 5.13. The van der Waals surface area contributed by atoms with Crippen LogP contribution in [0, 0.1) is 0 Å². The smallest absolute Gasteiger partial charge is 0.253 e. The Morgan fingerprint density at radius 1 is 1.00 bits per heavy atom. The van der Waals surface area contributed by atoms with E-state index >= 15 is 0 Å². The van der Waals surface area contributed by atoms with Gasteiger partial charge in [-0.1, -0.05) is 31.5 Å². The highest BCUT2D eigenvalue weighted by Gasteiger charge is 2.54. The average Bonchev–Trinajstić information content (AvgIpc) is 3.20. The predicted octanol–water partition coefficient (Wildman–Crippen LogP) is 2.91. The summed E-state index contributed by atoms with van der Waals surface area (Å²) in [6.45, 7) is 4.82. The van der Waals surface area contributed by atoms with Crippen molar-refractivity contribution in [2.75, 3.05) is 58.1 Å². The number of nitrogens with one attached hydrogen (secondary N) is 1. The van der Waals surface area contributed by atoms with Gasteiger partial charge in [0.15, 0.2) is 0 Å². The number of benzene rings is 2. The summed E-state index contributed by atoms with van der Waals surface area (Å²) in [5.41, 5.74) is 0.749. The molecule has 1 spiro atoms. The number of hydrogen-bond donors (Lipinski definition) is 1. The second kappa shape index (κ2) is 12.8. The Balaban J connectivity index is 1.44. The van der Waals surface area contributed by atoms with Crippen molar-refractivity contribution in [1.82, 2.24) is 15.1 Å². The van der Waals surface area contributed by atoms with Gasteiger partial charge in [-0.3, -0.25) is 14.4 Å². The maximum Gasteiger partial charge on any atom is 0.253 e. The van der Waals surface area contributed by atoms with Crippen molar-refractivity contribution in [3.8, 4) is 5.75 Å². The van der Waals surface area contributed by atoms with Crippen LogP contribution in [-0.2, 0) is 14.3 Å². The van der Waals surface area contributed by atoms with Crippen LogP contribution in [0.2, 0.25) is 0 Å². The molecule has 0 aliphatic carbocycles. The lowest BCUT2D eigenvalue weighted by atomic mass is 9.85. The number of piperidine rings is 1. The zero-order valence-corrected chi connectivity index (χ0v) is 22.4. The molecule has 2 heterocycles. The van der Waals surface area contributed by atoms with E-state index in [0.29, 0.717) is 57.9 Å². The van der Waals surface area contributed by atoms with Crippen molar-refractivity contribution in [3.63, 3.8) is 0 Å². The van der Waals surface area contributed by atoms with Crippen LogP contribution in [0.3, 0.4) is 0 Å². The van der Waals surface area contributed by atoms with Crippen LogP contribution in [-0.4, -0.2) is 86.2 Å². The third-order valence-corrected chi connectivity index (χ3v) is 7.29. The number of rotatable bonds is 11. The lowest BCUT2D eigenvalue weighted by Gasteiger charge is -2.43. The van der Waals surface area contributed by atoms with Gasteiger partial charge >= 0.3 is 0 Å². The molecule has 2 fully saturated rings. The van der Waals surface area contributed by atoms with Gasteiger partial charge < -0.3 is 29.5 Å². The van der Waals surface area contributed by atoms with Gasteiger partial charge in [-0.05, 0) is 55.7 Å². The van der Waals surface area contributed by atoms with Crippen LogP contribution in [0.1, 0.15) is 43.0 Å². The van der Waals surface area contributed by atoms with Crippen molar-refractivity contribution in [2.24, 2.45) is 0 Å². The summed E-state index contributed by atoms with van der Waals surface area (Å²) in [6, 6.07) is 17.1. The van der Waals surface area contributed by atoms with Gasteiger partial charge in [0.25, 0.3) is 11.8 Å². The summed E-state index contributed by atoms with van der Waals surface area (Å²) in [7, 11) is 1.58. The summed E-state index contributed by atoms with van der Waals surface area (Å²) in [4.78, 5) is 45.1. The van der Waals surface area contributed by atoms with E-state index in [4.69, 9.17) is 9.47 Å². The molecule has 1 N–H and O–H groups in total. The average molecular weight is 523 g/mol. The first-order chi connectivity index (χ1) is 18.5. The van der Waals surface area contributed by atoms with Gasteiger partial charge in [0, 0.05) is 38.0 Å². The molecule has 9 heteroatoms. The number of anilines is 1. The fourth-order valence-corrected chi connectivity index (χ4v) is 5.13. The molecule has 0 unspecified atom stereocenters. The molecule has 3 amide bonds. The zero-order chi connectivity index (χ0) is 27.0. The second-order valence-electron chi connectivity index (χ2n) is 9.80. The molecule has 0 bridgehead atoms. The number of ether oxygens (including phenoxy) is 2. The summed E-state index contributed by atoms with van der Waals surface area (Å²) >= 11 is 0. The quantitative estimate of drug-likeness (QED) is 0.457. The lowest BCUT2D eigenvalue weighted by Crippen LogP contribution is -2.57. The number of hydrogen-bond acceptors (Lipinski definition) is 6. The van der Waals surface area contributed by atoms with Crippen molar-refractivity contribution < 1.29 is 23.9 Å². The number of amides is 3. The second-order valence-corrected chi connectivity index (χ2v) is 9.80. The van der Waals surface area contributed by atoms with Crippen molar-refractivity contribution in [1.29, 1.82) is 0 Å². The molecule has 2 aromatic carbocycles. The third-order valence-electron chi connectivity index (χ3n) is 7.29. The fraction of sp³-hybridized carbons (Fsp3) is 0.483. The molecule has 9 nitrogen and oxygen atoms in total. The first kappa shape index (κ1) is 27.4. The normalized spacial score (nSPS) is 16.7. The van der Waals surface area contributed by atoms with E-state index < -0.39 is 5.54 Å². The van der Waals surface area contributed by atoms with E-state index in [2.05, 4.69) is 17.1 Å². The van der Waals surface area contributed by atoms with Gasteiger partial charge in [-0.2, -0.15) is 0 Å². The van der Waals surface area contributed by atoms with E-state index in [1.807, 2.05) is 47.4 Å². The Kier molecular flexibility index (Phi) is 9.23. The van der Waals surface area contributed by atoms with E-state index in [9.17, 15) is 14.4 Å². The molecule has 2 aromatic rings.